The Labute approximate surface area is 191 Å². The average molecular weight is 458 g/mol. The summed E-state index contributed by atoms with van der Waals surface area (Å²) in [6.07, 6.45) is 3.87. The second-order valence-electron chi connectivity index (χ2n) is 8.21. The highest BCUT2D eigenvalue weighted by molar-refractivity contribution is 5.92. The van der Waals surface area contributed by atoms with Crippen molar-refractivity contribution in [1.82, 2.24) is 15.2 Å². The number of aliphatic imine (C=N–C) groups is 1. The Bertz CT molecular complexity index is 1030. The predicted octanol–water partition coefficient (Wildman–Crippen LogP) is -0.348. The molecule has 0 radical (unpaired) electrons. The normalized spacial score (nSPS) is 17.5. The number of nitrogens with two attached hydrogens (primary N) is 3. The summed E-state index contributed by atoms with van der Waals surface area (Å²) in [5.41, 5.74) is 18.3. The van der Waals surface area contributed by atoms with Crippen LogP contribution in [0, 0.1) is 0 Å². The first kappa shape index (κ1) is 24.1. The van der Waals surface area contributed by atoms with Crippen LogP contribution in [0.1, 0.15) is 31.2 Å². The van der Waals surface area contributed by atoms with Crippen molar-refractivity contribution in [3.8, 4) is 0 Å². The molecule has 3 rings (SSSR count). The minimum atomic E-state index is -1.14. The lowest BCUT2D eigenvalue weighted by Gasteiger charge is -2.27. The maximum absolute atomic E-state index is 13.0. The molecule has 1 aromatic carbocycles. The highest BCUT2D eigenvalue weighted by Gasteiger charge is 2.37. The van der Waals surface area contributed by atoms with Gasteiger partial charge in [0.2, 0.25) is 11.8 Å². The SMILES string of the molecule is NC(N)=NCCC[C@H](N)C(=O)N1CCC[C@H]1C(=O)N[C@@H](Cc1c[nH]c2ccccc12)C(=O)O. The quantitative estimate of drug-likeness (QED) is 0.159. The van der Waals surface area contributed by atoms with Crippen LogP contribution in [0.15, 0.2) is 35.5 Å². The first-order chi connectivity index (χ1) is 15.8. The van der Waals surface area contributed by atoms with Crippen LogP contribution in [0.5, 0.6) is 0 Å². The summed E-state index contributed by atoms with van der Waals surface area (Å²) in [6.45, 7) is 0.764. The van der Waals surface area contributed by atoms with Gasteiger partial charge in [-0.3, -0.25) is 14.6 Å². The van der Waals surface area contributed by atoms with E-state index in [0.29, 0.717) is 38.8 Å². The van der Waals surface area contributed by atoms with Crippen LogP contribution >= 0.6 is 0 Å². The van der Waals surface area contributed by atoms with Gasteiger partial charge in [0.25, 0.3) is 0 Å². The molecule has 0 bridgehead atoms. The van der Waals surface area contributed by atoms with Crippen molar-refractivity contribution >= 4 is 34.6 Å². The maximum atomic E-state index is 13.0. The first-order valence-electron chi connectivity index (χ1n) is 11.0. The highest BCUT2D eigenvalue weighted by Crippen LogP contribution is 2.21. The molecule has 9 N–H and O–H groups in total. The smallest absolute Gasteiger partial charge is 0.326 e. The number of carboxylic acid groups (broad SMARTS) is 1. The average Bonchev–Trinajstić information content (AvgIpc) is 3.43. The van der Waals surface area contributed by atoms with E-state index in [9.17, 15) is 19.5 Å². The van der Waals surface area contributed by atoms with E-state index in [2.05, 4.69) is 15.3 Å². The molecule has 0 unspecified atom stereocenters. The van der Waals surface area contributed by atoms with Crippen molar-refractivity contribution in [1.29, 1.82) is 0 Å². The molecule has 33 heavy (non-hydrogen) atoms. The second kappa shape index (κ2) is 10.8. The van der Waals surface area contributed by atoms with E-state index in [1.165, 1.54) is 4.90 Å². The van der Waals surface area contributed by atoms with Crippen LogP contribution in [0.2, 0.25) is 0 Å². The van der Waals surface area contributed by atoms with Gasteiger partial charge >= 0.3 is 5.97 Å². The van der Waals surface area contributed by atoms with Gasteiger partial charge in [-0.05, 0) is 37.3 Å². The number of H-pyrrole nitrogens is 1. The van der Waals surface area contributed by atoms with Crippen molar-refractivity contribution in [3.63, 3.8) is 0 Å². The third-order valence-electron chi connectivity index (χ3n) is 5.84. The second-order valence-corrected chi connectivity index (χ2v) is 8.21. The van der Waals surface area contributed by atoms with Crippen molar-refractivity contribution in [2.75, 3.05) is 13.1 Å². The lowest BCUT2D eigenvalue weighted by molar-refractivity contribution is -0.144. The molecule has 178 valence electrons. The monoisotopic (exact) mass is 457 g/mol. The zero-order chi connectivity index (χ0) is 24.0. The molecule has 1 aliphatic rings. The van der Waals surface area contributed by atoms with E-state index in [4.69, 9.17) is 17.2 Å². The number of nitrogens with one attached hydrogen (secondary N) is 2. The largest absolute Gasteiger partial charge is 0.480 e. The zero-order valence-electron chi connectivity index (χ0n) is 18.4. The minimum absolute atomic E-state index is 0.0215. The molecule has 2 heterocycles. The number of aromatic amines is 1. The van der Waals surface area contributed by atoms with Gasteiger partial charge in [0.05, 0.1) is 6.04 Å². The Morgan fingerprint density at radius 1 is 1.27 bits per heavy atom. The number of amides is 2. The number of hydrogen-bond acceptors (Lipinski definition) is 5. The van der Waals surface area contributed by atoms with Crippen molar-refractivity contribution in [2.24, 2.45) is 22.2 Å². The fourth-order valence-electron chi connectivity index (χ4n) is 4.15. The molecule has 1 saturated heterocycles. The summed E-state index contributed by atoms with van der Waals surface area (Å²) in [6, 6.07) is 4.90. The fraction of sp³-hybridized carbons (Fsp3) is 0.455. The van der Waals surface area contributed by atoms with Gasteiger partial charge in [0.1, 0.15) is 12.1 Å². The number of para-hydroxylation sites is 1. The van der Waals surface area contributed by atoms with Gasteiger partial charge in [-0.2, -0.15) is 0 Å². The van der Waals surface area contributed by atoms with Crippen LogP contribution in [-0.4, -0.2) is 69.9 Å². The number of aliphatic carboxylic acids is 1. The molecule has 2 aromatic rings. The van der Waals surface area contributed by atoms with E-state index in [1.54, 1.807) is 6.20 Å². The lowest BCUT2D eigenvalue weighted by atomic mass is 10.0. The van der Waals surface area contributed by atoms with Gasteiger partial charge in [-0.15, -0.1) is 0 Å². The number of hydrogen-bond donors (Lipinski definition) is 6. The summed E-state index contributed by atoms with van der Waals surface area (Å²) in [5, 5.41) is 13.2. The molecular weight excluding hydrogens is 426 g/mol. The third kappa shape index (κ3) is 6.01. The van der Waals surface area contributed by atoms with Crippen LogP contribution < -0.4 is 22.5 Å². The summed E-state index contributed by atoms with van der Waals surface area (Å²) >= 11 is 0. The van der Waals surface area contributed by atoms with Crippen LogP contribution in [0.25, 0.3) is 10.9 Å². The number of carbonyl (C=O) groups excluding carboxylic acids is 2. The van der Waals surface area contributed by atoms with Crippen LogP contribution in [-0.2, 0) is 20.8 Å². The van der Waals surface area contributed by atoms with Crippen LogP contribution in [0.3, 0.4) is 0 Å². The molecular formula is C22H31N7O4. The molecule has 2 amide bonds. The Morgan fingerprint density at radius 3 is 2.76 bits per heavy atom. The number of benzene rings is 1. The summed E-state index contributed by atoms with van der Waals surface area (Å²) < 4.78 is 0. The molecule has 0 aliphatic carbocycles. The molecule has 1 aromatic heterocycles. The number of carbonyl (C=O) groups is 3. The van der Waals surface area contributed by atoms with Gasteiger partial charge in [0, 0.05) is 36.6 Å². The fourth-order valence-corrected chi connectivity index (χ4v) is 4.15. The minimum Gasteiger partial charge on any atom is -0.480 e. The standard InChI is InChI=1S/C22H31N7O4/c23-15(6-3-9-26-22(24)25)20(31)29-10-4-8-18(29)19(30)28-17(21(32)33)11-13-12-27-16-7-2-1-5-14(13)16/h1-2,5,7,12,15,17-18,27H,3-4,6,8-11,23H2,(H,28,30)(H,32,33)(H4,24,25,26)/t15-,17-,18-/m0/s1. The third-order valence-corrected chi connectivity index (χ3v) is 5.84. The van der Waals surface area contributed by atoms with E-state index >= 15 is 0 Å². The molecule has 0 spiro atoms. The topological polar surface area (TPSA) is 193 Å². The Kier molecular flexibility index (Phi) is 7.88. The Balaban J connectivity index is 1.62. The first-order valence-corrected chi connectivity index (χ1v) is 11.0. The van der Waals surface area contributed by atoms with E-state index in [1.807, 2.05) is 24.3 Å². The molecule has 0 saturated carbocycles. The lowest BCUT2D eigenvalue weighted by Crippen LogP contribution is -2.54. The molecule has 1 aliphatic heterocycles. The van der Waals surface area contributed by atoms with E-state index in [0.717, 1.165) is 16.5 Å². The van der Waals surface area contributed by atoms with Crippen molar-refractivity contribution in [3.05, 3.63) is 36.0 Å². The number of aromatic nitrogens is 1. The molecule has 11 heteroatoms. The number of carboxylic acids is 1. The number of nitrogens with zero attached hydrogens (tertiary/aromatic N) is 2. The number of guanidine groups is 1. The molecule has 1 fully saturated rings. The van der Waals surface area contributed by atoms with Crippen LogP contribution in [0.4, 0.5) is 0 Å². The van der Waals surface area contributed by atoms with E-state index in [-0.39, 0.29) is 18.3 Å². The van der Waals surface area contributed by atoms with Crippen molar-refractivity contribution < 1.29 is 19.5 Å². The van der Waals surface area contributed by atoms with E-state index < -0.39 is 30.0 Å². The van der Waals surface area contributed by atoms with Gasteiger partial charge in [-0.1, -0.05) is 18.2 Å². The number of fused-ring (bicyclic) bond motifs is 1. The van der Waals surface area contributed by atoms with Gasteiger partial charge in [-0.25, -0.2) is 4.79 Å². The highest BCUT2D eigenvalue weighted by atomic mass is 16.4. The number of rotatable bonds is 10. The van der Waals surface area contributed by atoms with Gasteiger partial charge < -0.3 is 37.5 Å². The molecule has 11 nitrogen and oxygen atoms in total. The summed E-state index contributed by atoms with van der Waals surface area (Å²) in [5.74, 6) is -1.98. The zero-order valence-corrected chi connectivity index (χ0v) is 18.4. The number of likely N-dealkylation sites (tertiary alicyclic amines) is 1. The van der Waals surface area contributed by atoms with Crippen molar-refractivity contribution in [2.45, 2.75) is 50.2 Å². The maximum Gasteiger partial charge on any atom is 0.326 e. The van der Waals surface area contributed by atoms with Gasteiger partial charge in [0.15, 0.2) is 5.96 Å². The summed E-state index contributed by atoms with van der Waals surface area (Å²) in [4.78, 5) is 46.1. The Morgan fingerprint density at radius 2 is 2.03 bits per heavy atom. The summed E-state index contributed by atoms with van der Waals surface area (Å²) in [7, 11) is 0. The predicted molar refractivity (Wildman–Crippen MR) is 124 cm³/mol. The Hall–Kier alpha value is -3.60. The molecule has 3 atom stereocenters.